The Labute approximate surface area is 277 Å². The highest BCUT2D eigenvalue weighted by atomic mass is 32.2. The molecule has 2 aliphatic heterocycles. The zero-order valence-electron chi connectivity index (χ0n) is 27.4. The molecule has 3 amide bonds. The van der Waals surface area contributed by atoms with Crippen molar-refractivity contribution >= 4 is 22.1 Å². The molecule has 0 aliphatic carbocycles. The Morgan fingerprint density at radius 1 is 1.11 bits per heavy atom. The molecule has 2 fully saturated rings. The summed E-state index contributed by atoms with van der Waals surface area (Å²) in [5.41, 5.74) is 0.266. The number of carbonyl (C=O) groups is 2. The first-order chi connectivity index (χ1) is 22.3. The predicted octanol–water partition coefficient (Wildman–Crippen LogP) is 3.18. The number of benzene rings is 2. The van der Waals surface area contributed by atoms with Gasteiger partial charge in [-0.1, -0.05) is 44.2 Å². The number of ether oxygens (including phenoxy) is 3. The van der Waals surface area contributed by atoms with Gasteiger partial charge in [-0.05, 0) is 67.3 Å². The molecule has 0 saturated carbocycles. The molecule has 260 valence electrons. The van der Waals surface area contributed by atoms with Crippen molar-refractivity contribution in [3.8, 4) is 5.75 Å². The highest BCUT2D eigenvalue weighted by molar-refractivity contribution is 7.89. The van der Waals surface area contributed by atoms with E-state index in [0.29, 0.717) is 38.2 Å². The number of hydrogen-bond donors (Lipinski definition) is 5. The first-order valence-electron chi connectivity index (χ1n) is 15.9. The number of hydrogen-bond acceptors (Lipinski definition) is 8. The lowest BCUT2D eigenvalue weighted by atomic mass is 9.78. The maximum absolute atomic E-state index is 13.8. The number of methoxy groups -OCH3 is 1. The van der Waals surface area contributed by atoms with Crippen molar-refractivity contribution in [2.24, 2.45) is 11.3 Å². The molecule has 0 aromatic heterocycles. The third-order valence-corrected chi connectivity index (χ3v) is 10.5. The molecule has 5 N–H and O–H groups in total. The molecule has 2 aliphatic rings. The number of carbonyl (C=O) groups excluding carboxylic acids is 1. The van der Waals surface area contributed by atoms with Crippen molar-refractivity contribution < 1.29 is 42.4 Å². The van der Waals surface area contributed by atoms with Crippen LogP contribution in [0, 0.1) is 11.3 Å². The standard InChI is InChI=1S/C33H48N4O9S/c1-33(2,16-8-17-35-31(39)34-3)20-26(36-47(42,43)24-13-11-23(44-4)12-14-24)29(38)27(19-22-9-6-5-7-10-22)37(32(40)41)28-21-46-30-25(28)15-18-45-30/h5-7,9-14,25-30,36,38H,8,15-21H2,1-4H3,(H,40,41)(H2,34,35,39)/t25-,26+,27-,28?,29-,30+/m0/s1. The number of aliphatic hydroxyl groups excluding tert-OH is 1. The van der Waals surface area contributed by atoms with Crippen LogP contribution in [-0.4, -0.2) is 100 Å². The molecule has 47 heavy (non-hydrogen) atoms. The van der Waals surface area contributed by atoms with Gasteiger partial charge in [-0.2, -0.15) is 0 Å². The van der Waals surface area contributed by atoms with Crippen LogP contribution in [-0.2, 0) is 25.9 Å². The summed E-state index contributed by atoms with van der Waals surface area (Å²) in [4.78, 5) is 26.0. The Morgan fingerprint density at radius 2 is 1.81 bits per heavy atom. The smallest absolute Gasteiger partial charge is 0.407 e. The molecular weight excluding hydrogens is 628 g/mol. The fourth-order valence-corrected chi connectivity index (χ4v) is 7.83. The number of nitrogens with one attached hydrogen (secondary N) is 3. The third kappa shape index (κ3) is 9.57. The van der Waals surface area contributed by atoms with Gasteiger partial charge in [0.25, 0.3) is 0 Å². The van der Waals surface area contributed by atoms with Crippen molar-refractivity contribution in [2.75, 3.05) is 33.9 Å². The average Bonchev–Trinajstić information content (AvgIpc) is 3.67. The van der Waals surface area contributed by atoms with Crippen molar-refractivity contribution in [1.82, 2.24) is 20.3 Å². The van der Waals surface area contributed by atoms with Gasteiger partial charge >= 0.3 is 12.1 Å². The molecule has 13 nitrogen and oxygen atoms in total. The number of rotatable bonds is 16. The molecule has 6 atom stereocenters. The van der Waals surface area contributed by atoms with E-state index in [1.807, 2.05) is 44.2 Å². The summed E-state index contributed by atoms with van der Waals surface area (Å²) in [5, 5.41) is 28.2. The number of urea groups is 1. The summed E-state index contributed by atoms with van der Waals surface area (Å²) in [6.07, 6.45) is -1.09. The van der Waals surface area contributed by atoms with E-state index in [0.717, 1.165) is 5.56 Å². The molecule has 2 saturated heterocycles. The van der Waals surface area contributed by atoms with Gasteiger partial charge in [-0.15, -0.1) is 0 Å². The van der Waals surface area contributed by atoms with Crippen LogP contribution in [0.3, 0.4) is 0 Å². The van der Waals surface area contributed by atoms with Crippen LogP contribution in [0.2, 0.25) is 0 Å². The van der Waals surface area contributed by atoms with E-state index in [9.17, 15) is 28.2 Å². The van der Waals surface area contributed by atoms with E-state index in [1.54, 1.807) is 0 Å². The number of amides is 3. The highest BCUT2D eigenvalue weighted by Crippen LogP contribution is 2.37. The second-order valence-electron chi connectivity index (χ2n) is 12.9. The molecule has 1 unspecified atom stereocenters. The second kappa shape index (κ2) is 16.1. The number of sulfonamides is 1. The lowest BCUT2D eigenvalue weighted by molar-refractivity contribution is -0.0907. The Morgan fingerprint density at radius 3 is 2.45 bits per heavy atom. The monoisotopic (exact) mass is 676 g/mol. The van der Waals surface area contributed by atoms with Crippen LogP contribution in [0.5, 0.6) is 5.75 Å². The molecule has 0 spiro atoms. The molecule has 2 heterocycles. The van der Waals surface area contributed by atoms with E-state index in [4.69, 9.17) is 14.2 Å². The highest BCUT2D eigenvalue weighted by Gasteiger charge is 2.50. The van der Waals surface area contributed by atoms with E-state index in [2.05, 4.69) is 15.4 Å². The van der Waals surface area contributed by atoms with Gasteiger partial charge in [-0.25, -0.2) is 22.7 Å². The van der Waals surface area contributed by atoms with Gasteiger partial charge in [0, 0.05) is 19.5 Å². The Bertz CT molecular complexity index is 1430. The fourth-order valence-electron chi connectivity index (χ4n) is 6.58. The third-order valence-electron chi connectivity index (χ3n) is 9.03. The van der Waals surface area contributed by atoms with Gasteiger partial charge in [0.15, 0.2) is 6.29 Å². The minimum atomic E-state index is -4.17. The van der Waals surface area contributed by atoms with Gasteiger partial charge in [0.2, 0.25) is 10.0 Å². The van der Waals surface area contributed by atoms with Gasteiger partial charge in [0.1, 0.15) is 5.75 Å². The Balaban J connectivity index is 1.69. The zero-order valence-corrected chi connectivity index (χ0v) is 28.2. The van der Waals surface area contributed by atoms with Gasteiger partial charge in [0.05, 0.1) is 49.4 Å². The maximum Gasteiger partial charge on any atom is 0.407 e. The summed E-state index contributed by atoms with van der Waals surface area (Å²) in [6, 6.07) is 12.1. The van der Waals surface area contributed by atoms with Gasteiger partial charge in [-0.3, -0.25) is 4.90 Å². The van der Waals surface area contributed by atoms with Crippen molar-refractivity contribution in [3.63, 3.8) is 0 Å². The molecular formula is C33H48N4O9S. The Hall–Kier alpha value is -3.43. The molecule has 2 aromatic rings. The lowest BCUT2D eigenvalue weighted by Gasteiger charge is -2.42. The van der Waals surface area contributed by atoms with E-state index in [1.165, 1.54) is 43.3 Å². The molecule has 0 radical (unpaired) electrons. The average molecular weight is 677 g/mol. The number of nitrogens with zero attached hydrogens (tertiary/aromatic N) is 1. The van der Waals surface area contributed by atoms with Crippen LogP contribution in [0.1, 0.15) is 45.1 Å². The second-order valence-corrected chi connectivity index (χ2v) is 14.6. The van der Waals surface area contributed by atoms with Crippen molar-refractivity contribution in [3.05, 3.63) is 60.2 Å². The number of fused-ring (bicyclic) bond motifs is 1. The van der Waals surface area contributed by atoms with E-state index < -0.39 is 52.1 Å². The fraction of sp³-hybridized carbons (Fsp3) is 0.576. The minimum absolute atomic E-state index is 0.0204. The largest absolute Gasteiger partial charge is 0.497 e. The first-order valence-corrected chi connectivity index (χ1v) is 17.4. The maximum atomic E-state index is 13.8. The predicted molar refractivity (Wildman–Crippen MR) is 175 cm³/mol. The molecule has 0 bridgehead atoms. The van der Waals surface area contributed by atoms with Gasteiger partial charge < -0.3 is 35.1 Å². The van der Waals surface area contributed by atoms with Crippen molar-refractivity contribution in [1.29, 1.82) is 0 Å². The summed E-state index contributed by atoms with van der Waals surface area (Å²) < 4.78 is 47.0. The normalized spacial score (nSPS) is 21.3. The van der Waals surface area contributed by atoms with Crippen LogP contribution >= 0.6 is 0 Å². The minimum Gasteiger partial charge on any atom is -0.497 e. The van der Waals surface area contributed by atoms with Crippen LogP contribution in [0.4, 0.5) is 9.59 Å². The van der Waals surface area contributed by atoms with Crippen molar-refractivity contribution in [2.45, 2.75) is 81.4 Å². The summed E-state index contributed by atoms with van der Waals surface area (Å²) in [5.74, 6) is 0.273. The quantitative estimate of drug-likeness (QED) is 0.167. The zero-order chi connectivity index (χ0) is 34.2. The molecule has 2 aromatic carbocycles. The molecule has 14 heteroatoms. The molecule has 4 rings (SSSR count). The number of aliphatic hydroxyl groups is 1. The summed E-state index contributed by atoms with van der Waals surface area (Å²) >= 11 is 0. The summed E-state index contributed by atoms with van der Waals surface area (Å²) in [6.45, 7) is 4.87. The SMILES string of the molecule is CNC(=O)NCCCC(C)(C)C[C@@H](NS(=O)(=O)c1ccc(OC)cc1)[C@H](O)[C@H](Cc1ccccc1)N(C(=O)O)C1CO[C@H]2OCC[C@@H]12. The summed E-state index contributed by atoms with van der Waals surface area (Å²) in [7, 11) is -1.15. The first kappa shape index (κ1) is 36.4. The van der Waals surface area contributed by atoms with Crippen LogP contribution in [0.15, 0.2) is 59.5 Å². The number of carboxylic acid groups (broad SMARTS) is 1. The van der Waals surface area contributed by atoms with E-state index >= 15 is 0 Å². The van der Waals surface area contributed by atoms with E-state index in [-0.39, 0.29) is 36.3 Å². The Kier molecular flexibility index (Phi) is 12.5. The van der Waals surface area contributed by atoms with Crippen LogP contribution < -0.4 is 20.1 Å². The van der Waals surface area contributed by atoms with Crippen LogP contribution in [0.25, 0.3) is 0 Å². The topological polar surface area (TPSA) is 176 Å². The lowest BCUT2D eigenvalue weighted by Crippen LogP contribution is -2.60.